The first-order valence-corrected chi connectivity index (χ1v) is 10.3. The fourth-order valence-electron chi connectivity index (χ4n) is 4.03. The Labute approximate surface area is 184 Å². The summed E-state index contributed by atoms with van der Waals surface area (Å²) in [5.41, 5.74) is 1.71. The minimum Gasteiger partial charge on any atom is -0.364 e. The van der Waals surface area contributed by atoms with Gasteiger partial charge in [-0.25, -0.2) is 4.90 Å². The third-order valence-corrected chi connectivity index (χ3v) is 5.82. The molecule has 0 unspecified atom stereocenters. The lowest BCUT2D eigenvalue weighted by atomic mass is 10.0. The molecule has 2 heterocycles. The van der Waals surface area contributed by atoms with Crippen molar-refractivity contribution in [3.05, 3.63) is 75.5 Å². The van der Waals surface area contributed by atoms with Gasteiger partial charge in [-0.1, -0.05) is 6.92 Å². The summed E-state index contributed by atoms with van der Waals surface area (Å²) in [6.45, 7) is 5.72. The molecule has 2 aliphatic heterocycles. The predicted molar refractivity (Wildman–Crippen MR) is 117 cm³/mol. The van der Waals surface area contributed by atoms with Crippen LogP contribution in [0.3, 0.4) is 0 Å². The molecule has 2 aliphatic rings. The molecule has 1 saturated heterocycles. The Morgan fingerprint density at radius 3 is 2.12 bits per heavy atom. The smallest absolute Gasteiger partial charge is 0.282 e. The van der Waals surface area contributed by atoms with E-state index in [1.807, 2.05) is 11.0 Å². The highest BCUT2D eigenvalue weighted by Gasteiger charge is 2.43. The Morgan fingerprint density at radius 2 is 1.59 bits per heavy atom. The Morgan fingerprint density at radius 1 is 0.969 bits per heavy atom. The summed E-state index contributed by atoms with van der Waals surface area (Å²) >= 11 is 0. The van der Waals surface area contributed by atoms with E-state index in [1.165, 1.54) is 24.3 Å². The van der Waals surface area contributed by atoms with Crippen molar-refractivity contribution in [1.29, 1.82) is 5.26 Å². The topological polar surface area (TPSA) is 111 Å². The van der Waals surface area contributed by atoms with E-state index in [0.29, 0.717) is 35.6 Å². The summed E-state index contributed by atoms with van der Waals surface area (Å²) < 4.78 is 0. The van der Waals surface area contributed by atoms with Crippen molar-refractivity contribution < 1.29 is 14.5 Å². The molecule has 0 saturated carbocycles. The van der Waals surface area contributed by atoms with Crippen LogP contribution in [0.25, 0.3) is 5.57 Å². The van der Waals surface area contributed by atoms with Crippen LogP contribution in [0.15, 0.2) is 54.2 Å². The van der Waals surface area contributed by atoms with Gasteiger partial charge in [0.25, 0.3) is 17.5 Å². The molecule has 9 heteroatoms. The normalized spacial score (nSPS) is 17.1. The molecule has 0 aromatic heterocycles. The van der Waals surface area contributed by atoms with E-state index >= 15 is 0 Å². The zero-order valence-electron chi connectivity index (χ0n) is 17.5. The first-order valence-electron chi connectivity index (χ1n) is 10.3. The number of anilines is 1. The lowest BCUT2D eigenvalue weighted by Gasteiger charge is -2.36. The van der Waals surface area contributed by atoms with Crippen LogP contribution in [0, 0.1) is 21.4 Å². The summed E-state index contributed by atoms with van der Waals surface area (Å²) in [5.74, 6) is -0.917. The average Bonchev–Trinajstić information content (AvgIpc) is 3.09. The van der Waals surface area contributed by atoms with Gasteiger partial charge in [-0.05, 0) is 48.5 Å². The van der Waals surface area contributed by atoms with Gasteiger partial charge in [0.05, 0.1) is 27.8 Å². The number of benzene rings is 2. The second-order valence-corrected chi connectivity index (χ2v) is 7.55. The molecule has 162 valence electrons. The summed E-state index contributed by atoms with van der Waals surface area (Å²) in [4.78, 5) is 42.8. The monoisotopic (exact) mass is 431 g/mol. The highest BCUT2D eigenvalue weighted by Crippen LogP contribution is 2.35. The zero-order chi connectivity index (χ0) is 22.8. The Kier molecular flexibility index (Phi) is 5.71. The van der Waals surface area contributed by atoms with Crippen molar-refractivity contribution in [3.63, 3.8) is 0 Å². The van der Waals surface area contributed by atoms with E-state index in [0.717, 1.165) is 24.5 Å². The lowest BCUT2D eigenvalue weighted by Crippen LogP contribution is -2.47. The minimum absolute atomic E-state index is 0.0896. The summed E-state index contributed by atoms with van der Waals surface area (Å²) in [5, 5.41) is 20.1. The lowest BCUT2D eigenvalue weighted by molar-refractivity contribution is -0.384. The number of hydrogen-bond acceptors (Lipinski definition) is 7. The fourth-order valence-corrected chi connectivity index (χ4v) is 4.03. The van der Waals surface area contributed by atoms with Crippen molar-refractivity contribution in [2.75, 3.05) is 37.6 Å². The second-order valence-electron chi connectivity index (χ2n) is 7.55. The van der Waals surface area contributed by atoms with Crippen molar-refractivity contribution >= 4 is 28.8 Å². The van der Waals surface area contributed by atoms with Crippen LogP contribution in [0.5, 0.6) is 0 Å². The number of nitro groups is 1. The standard InChI is InChI=1S/C23H21N5O4/c1-2-25-11-13-26(14-12-25)21-20(17-5-9-19(10-6-17)28(31)32)22(29)27(23(21)30)18-7-3-16(15-24)4-8-18/h3-10H,2,11-14H2,1H3. The number of hydrogen-bond donors (Lipinski definition) is 0. The van der Waals surface area contributed by atoms with Crippen molar-refractivity contribution in [1.82, 2.24) is 9.80 Å². The van der Waals surface area contributed by atoms with Crippen molar-refractivity contribution in [2.45, 2.75) is 6.92 Å². The number of rotatable bonds is 5. The molecule has 0 aliphatic carbocycles. The Balaban J connectivity index is 1.76. The SMILES string of the molecule is CCN1CCN(C2=C(c3ccc([N+](=O)[O-])cc3)C(=O)N(c3ccc(C#N)cc3)C2=O)CC1. The van der Waals surface area contributed by atoms with Crippen LogP contribution >= 0.6 is 0 Å². The van der Waals surface area contributed by atoms with E-state index in [-0.39, 0.29) is 11.3 Å². The fraction of sp³-hybridized carbons (Fsp3) is 0.261. The van der Waals surface area contributed by atoms with Crippen LogP contribution in [0.2, 0.25) is 0 Å². The highest BCUT2D eigenvalue weighted by molar-refractivity contribution is 6.45. The van der Waals surface area contributed by atoms with E-state index < -0.39 is 16.7 Å². The molecule has 0 bridgehead atoms. The number of amides is 2. The highest BCUT2D eigenvalue weighted by atomic mass is 16.6. The maximum atomic E-state index is 13.5. The number of nitriles is 1. The molecule has 2 aromatic rings. The molecule has 0 spiro atoms. The number of carbonyl (C=O) groups is 2. The number of likely N-dealkylation sites (N-methyl/N-ethyl adjacent to an activating group) is 1. The van der Waals surface area contributed by atoms with Gasteiger partial charge in [0.2, 0.25) is 0 Å². The van der Waals surface area contributed by atoms with Crippen LogP contribution in [-0.2, 0) is 9.59 Å². The molecule has 0 N–H and O–H groups in total. The molecule has 32 heavy (non-hydrogen) atoms. The van der Waals surface area contributed by atoms with E-state index in [9.17, 15) is 19.7 Å². The molecule has 2 amide bonds. The maximum absolute atomic E-state index is 13.5. The molecule has 9 nitrogen and oxygen atoms in total. The van der Waals surface area contributed by atoms with Gasteiger partial charge >= 0.3 is 0 Å². The van der Waals surface area contributed by atoms with Gasteiger partial charge in [-0.2, -0.15) is 5.26 Å². The molecule has 0 radical (unpaired) electrons. The molecular formula is C23H21N5O4. The first kappa shape index (κ1) is 21.2. The number of non-ortho nitro benzene ring substituents is 1. The molecule has 0 atom stereocenters. The van der Waals surface area contributed by atoms with Gasteiger partial charge in [-0.15, -0.1) is 0 Å². The van der Waals surface area contributed by atoms with Crippen LogP contribution in [0.1, 0.15) is 18.1 Å². The minimum atomic E-state index is -0.506. The predicted octanol–water partition coefficient (Wildman–Crippen LogP) is 2.39. The van der Waals surface area contributed by atoms with Gasteiger partial charge in [0.15, 0.2) is 0 Å². The van der Waals surface area contributed by atoms with E-state index in [1.54, 1.807) is 24.3 Å². The second kappa shape index (κ2) is 8.61. The molecule has 4 rings (SSSR count). The number of carbonyl (C=O) groups excluding carboxylic acids is 2. The molecule has 2 aromatic carbocycles. The average molecular weight is 431 g/mol. The zero-order valence-corrected chi connectivity index (χ0v) is 17.5. The third kappa shape index (κ3) is 3.72. The van der Waals surface area contributed by atoms with Gasteiger partial charge in [-0.3, -0.25) is 19.7 Å². The number of nitro benzene ring substituents is 1. The van der Waals surface area contributed by atoms with Crippen LogP contribution in [0.4, 0.5) is 11.4 Å². The van der Waals surface area contributed by atoms with Crippen molar-refractivity contribution in [2.24, 2.45) is 0 Å². The van der Waals surface area contributed by atoms with Gasteiger partial charge < -0.3 is 9.80 Å². The number of imide groups is 1. The Hall–Kier alpha value is -4.03. The Bertz CT molecular complexity index is 1140. The first-order chi connectivity index (χ1) is 15.4. The third-order valence-electron chi connectivity index (χ3n) is 5.82. The summed E-state index contributed by atoms with van der Waals surface area (Å²) in [7, 11) is 0. The van der Waals surface area contributed by atoms with E-state index in [2.05, 4.69) is 11.8 Å². The van der Waals surface area contributed by atoms with Gasteiger partial charge in [0, 0.05) is 38.3 Å². The molecular weight excluding hydrogens is 410 g/mol. The molecule has 1 fully saturated rings. The van der Waals surface area contributed by atoms with Crippen molar-refractivity contribution in [3.8, 4) is 6.07 Å². The summed E-state index contributed by atoms with van der Waals surface area (Å²) in [6.07, 6.45) is 0. The number of piperazine rings is 1. The quantitative estimate of drug-likeness (QED) is 0.406. The van der Waals surface area contributed by atoms with Gasteiger partial charge in [0.1, 0.15) is 5.70 Å². The van der Waals surface area contributed by atoms with Crippen LogP contribution < -0.4 is 4.90 Å². The van der Waals surface area contributed by atoms with Crippen LogP contribution in [-0.4, -0.2) is 59.3 Å². The maximum Gasteiger partial charge on any atom is 0.282 e. The largest absolute Gasteiger partial charge is 0.364 e. The van der Waals surface area contributed by atoms with E-state index in [4.69, 9.17) is 5.26 Å². The summed E-state index contributed by atoms with van der Waals surface area (Å²) in [6, 6.07) is 13.9. The number of nitrogens with zero attached hydrogens (tertiary/aromatic N) is 5.